The number of hydrogen-bond acceptors (Lipinski definition) is 6. The van der Waals surface area contributed by atoms with E-state index in [9.17, 15) is 9.59 Å². The lowest BCUT2D eigenvalue weighted by Crippen LogP contribution is -2.34. The van der Waals surface area contributed by atoms with Gasteiger partial charge in [-0.1, -0.05) is 18.2 Å². The monoisotopic (exact) mass is 298 g/mol. The Morgan fingerprint density at radius 1 is 1.23 bits per heavy atom. The van der Waals surface area contributed by atoms with Crippen molar-refractivity contribution in [2.45, 2.75) is 12.8 Å². The van der Waals surface area contributed by atoms with E-state index in [-0.39, 0.29) is 18.2 Å². The van der Waals surface area contributed by atoms with Crippen LogP contribution in [-0.4, -0.2) is 35.0 Å². The first kappa shape index (κ1) is 13.0. The second-order valence-electron chi connectivity index (χ2n) is 5.77. The number of nitrogens with zero attached hydrogens (tertiary/aromatic N) is 3. The quantitative estimate of drug-likeness (QED) is 0.831. The third-order valence-electron chi connectivity index (χ3n) is 4.31. The summed E-state index contributed by atoms with van der Waals surface area (Å²) in [4.78, 5) is 29.7. The Labute approximate surface area is 126 Å². The van der Waals surface area contributed by atoms with Gasteiger partial charge in [-0.2, -0.15) is 4.98 Å². The van der Waals surface area contributed by atoms with Crippen molar-refractivity contribution in [3.63, 3.8) is 0 Å². The SMILES string of the molecule is O=C1C[C@@]2(CCN(c3noc(-c4ccccc4)n3)C2)C(=O)N1. The zero-order valence-electron chi connectivity index (χ0n) is 11.8. The predicted octanol–water partition coefficient (Wildman–Crippen LogP) is 0.980. The summed E-state index contributed by atoms with van der Waals surface area (Å²) in [6.45, 7) is 1.08. The van der Waals surface area contributed by atoms with E-state index in [0.717, 1.165) is 5.56 Å². The molecule has 112 valence electrons. The third-order valence-corrected chi connectivity index (χ3v) is 4.31. The molecule has 1 N–H and O–H groups in total. The zero-order chi connectivity index (χ0) is 15.2. The van der Waals surface area contributed by atoms with Crippen LogP contribution < -0.4 is 10.2 Å². The molecule has 2 fully saturated rings. The van der Waals surface area contributed by atoms with Gasteiger partial charge in [-0.25, -0.2) is 0 Å². The summed E-state index contributed by atoms with van der Waals surface area (Å²) in [7, 11) is 0. The van der Waals surface area contributed by atoms with Crippen LogP contribution in [0.3, 0.4) is 0 Å². The largest absolute Gasteiger partial charge is 0.337 e. The van der Waals surface area contributed by atoms with E-state index in [1.807, 2.05) is 35.2 Å². The van der Waals surface area contributed by atoms with Gasteiger partial charge in [0.15, 0.2) is 0 Å². The summed E-state index contributed by atoms with van der Waals surface area (Å²) in [6, 6.07) is 9.51. The second-order valence-corrected chi connectivity index (χ2v) is 5.77. The van der Waals surface area contributed by atoms with Gasteiger partial charge < -0.3 is 9.42 Å². The minimum Gasteiger partial charge on any atom is -0.337 e. The average molecular weight is 298 g/mol. The lowest BCUT2D eigenvalue weighted by atomic mass is 9.85. The van der Waals surface area contributed by atoms with Crippen molar-refractivity contribution in [2.24, 2.45) is 5.41 Å². The number of rotatable bonds is 2. The molecule has 7 heteroatoms. The molecule has 7 nitrogen and oxygen atoms in total. The van der Waals surface area contributed by atoms with Crippen molar-refractivity contribution in [3.05, 3.63) is 30.3 Å². The average Bonchev–Trinajstić information content (AvgIpc) is 3.20. The molecule has 22 heavy (non-hydrogen) atoms. The maximum atomic E-state index is 12.0. The molecule has 1 aromatic carbocycles. The first-order valence-corrected chi connectivity index (χ1v) is 7.15. The molecule has 0 bridgehead atoms. The summed E-state index contributed by atoms with van der Waals surface area (Å²) < 4.78 is 5.29. The van der Waals surface area contributed by atoms with Crippen LogP contribution in [0.5, 0.6) is 0 Å². The molecule has 0 aliphatic carbocycles. The lowest BCUT2D eigenvalue weighted by molar-refractivity contribution is -0.127. The Bertz CT molecular complexity index is 742. The topological polar surface area (TPSA) is 88.3 Å². The van der Waals surface area contributed by atoms with Crippen LogP contribution >= 0.6 is 0 Å². The summed E-state index contributed by atoms with van der Waals surface area (Å²) in [5.41, 5.74) is 0.217. The van der Waals surface area contributed by atoms with Gasteiger partial charge in [0.1, 0.15) is 0 Å². The van der Waals surface area contributed by atoms with E-state index < -0.39 is 5.41 Å². The van der Waals surface area contributed by atoms with Gasteiger partial charge in [0.05, 0.1) is 5.41 Å². The normalized spacial score (nSPS) is 24.3. The minimum atomic E-state index is -0.634. The molecule has 4 rings (SSSR count). The minimum absolute atomic E-state index is 0.188. The summed E-state index contributed by atoms with van der Waals surface area (Å²) in [6.07, 6.45) is 0.867. The zero-order valence-corrected chi connectivity index (χ0v) is 11.8. The molecule has 2 aliphatic rings. The smallest absolute Gasteiger partial charge is 0.266 e. The van der Waals surface area contributed by atoms with Crippen LogP contribution in [0, 0.1) is 5.41 Å². The van der Waals surface area contributed by atoms with E-state index in [2.05, 4.69) is 15.5 Å². The van der Waals surface area contributed by atoms with Gasteiger partial charge in [-0.05, 0) is 23.7 Å². The van der Waals surface area contributed by atoms with Gasteiger partial charge in [0.2, 0.25) is 11.8 Å². The third kappa shape index (κ3) is 1.97. The second kappa shape index (κ2) is 4.66. The van der Waals surface area contributed by atoms with Crippen LogP contribution in [0.15, 0.2) is 34.9 Å². The highest BCUT2D eigenvalue weighted by atomic mass is 16.5. The fourth-order valence-electron chi connectivity index (χ4n) is 3.11. The Kier molecular flexibility index (Phi) is 2.75. The van der Waals surface area contributed by atoms with Crippen LogP contribution in [0.4, 0.5) is 5.95 Å². The maximum absolute atomic E-state index is 12.0. The fraction of sp³-hybridized carbons (Fsp3) is 0.333. The molecule has 1 spiro atoms. The van der Waals surface area contributed by atoms with Crippen LogP contribution in [0.1, 0.15) is 12.8 Å². The highest BCUT2D eigenvalue weighted by Gasteiger charge is 2.51. The van der Waals surface area contributed by atoms with Crippen LogP contribution in [-0.2, 0) is 9.59 Å². The molecule has 1 atom stereocenters. The molecule has 2 aromatic rings. The lowest BCUT2D eigenvalue weighted by Gasteiger charge is -2.18. The molecule has 3 heterocycles. The van der Waals surface area contributed by atoms with Crippen LogP contribution in [0.25, 0.3) is 11.5 Å². The van der Waals surface area contributed by atoms with E-state index in [1.165, 1.54) is 0 Å². The molecular formula is C15H14N4O3. The number of benzene rings is 1. The Morgan fingerprint density at radius 3 is 2.77 bits per heavy atom. The van der Waals surface area contributed by atoms with Crippen molar-refractivity contribution in [3.8, 4) is 11.5 Å². The van der Waals surface area contributed by atoms with Crippen molar-refractivity contribution >= 4 is 17.8 Å². The number of nitrogens with one attached hydrogen (secondary N) is 1. The number of carbonyl (C=O) groups is 2. The fourth-order valence-corrected chi connectivity index (χ4v) is 3.11. The van der Waals surface area contributed by atoms with Crippen molar-refractivity contribution in [1.29, 1.82) is 0 Å². The Morgan fingerprint density at radius 2 is 2.05 bits per heavy atom. The van der Waals surface area contributed by atoms with Gasteiger partial charge in [-0.15, -0.1) is 0 Å². The maximum Gasteiger partial charge on any atom is 0.266 e. The number of amides is 2. The van der Waals surface area contributed by atoms with E-state index >= 15 is 0 Å². The predicted molar refractivity (Wildman–Crippen MR) is 76.8 cm³/mol. The molecule has 2 saturated heterocycles. The number of carbonyl (C=O) groups excluding carboxylic acids is 2. The number of hydrogen-bond donors (Lipinski definition) is 1. The Hall–Kier alpha value is -2.70. The van der Waals surface area contributed by atoms with Crippen molar-refractivity contribution < 1.29 is 14.1 Å². The van der Waals surface area contributed by atoms with Crippen molar-refractivity contribution in [1.82, 2.24) is 15.5 Å². The molecule has 0 unspecified atom stereocenters. The molecule has 2 aliphatic heterocycles. The van der Waals surface area contributed by atoms with E-state index in [1.54, 1.807) is 0 Å². The highest BCUT2D eigenvalue weighted by molar-refractivity contribution is 6.06. The van der Waals surface area contributed by atoms with Crippen LogP contribution in [0.2, 0.25) is 0 Å². The van der Waals surface area contributed by atoms with Gasteiger partial charge in [0.25, 0.3) is 11.8 Å². The summed E-state index contributed by atoms with van der Waals surface area (Å²) in [5.74, 6) is 0.517. The summed E-state index contributed by atoms with van der Waals surface area (Å²) >= 11 is 0. The molecular weight excluding hydrogens is 284 g/mol. The molecule has 2 amide bonds. The van der Waals surface area contributed by atoms with Gasteiger partial charge in [-0.3, -0.25) is 14.9 Å². The highest BCUT2D eigenvalue weighted by Crippen LogP contribution is 2.39. The summed E-state index contributed by atoms with van der Waals surface area (Å²) in [5, 5.41) is 6.38. The van der Waals surface area contributed by atoms with E-state index in [0.29, 0.717) is 31.3 Å². The number of imide groups is 1. The van der Waals surface area contributed by atoms with Crippen molar-refractivity contribution in [2.75, 3.05) is 18.0 Å². The van der Waals surface area contributed by atoms with E-state index in [4.69, 9.17) is 4.52 Å². The number of anilines is 1. The first-order chi connectivity index (χ1) is 10.7. The number of aromatic nitrogens is 2. The molecule has 0 radical (unpaired) electrons. The first-order valence-electron chi connectivity index (χ1n) is 7.15. The molecule has 1 aromatic heterocycles. The van der Waals surface area contributed by atoms with Gasteiger partial charge >= 0.3 is 0 Å². The van der Waals surface area contributed by atoms with Gasteiger partial charge in [0, 0.05) is 25.1 Å². The molecule has 0 saturated carbocycles. The standard InChI is InChI=1S/C15H14N4O3/c20-11-8-15(13(21)16-11)6-7-19(9-15)14-17-12(22-18-14)10-4-2-1-3-5-10/h1-5H,6-9H2,(H,16,20,21)/t15-/m1/s1. The Balaban J connectivity index is 1.56.